The molecule has 2 aromatic carbocycles. The number of nitrogens with zero attached hydrogens (tertiary/aromatic N) is 4. The molecule has 0 atom stereocenters. The number of phenols is 2. The third-order valence-electron chi connectivity index (χ3n) is 5.55. The van der Waals surface area contributed by atoms with E-state index in [0.717, 1.165) is 33.9 Å². The van der Waals surface area contributed by atoms with Crippen molar-refractivity contribution in [3.63, 3.8) is 0 Å². The van der Waals surface area contributed by atoms with Gasteiger partial charge in [0.1, 0.15) is 17.1 Å². The lowest BCUT2D eigenvalue weighted by Crippen LogP contribution is -2.30. The van der Waals surface area contributed by atoms with Gasteiger partial charge >= 0.3 is 0 Å². The summed E-state index contributed by atoms with van der Waals surface area (Å²) in [5, 5.41) is 21.5. The van der Waals surface area contributed by atoms with Gasteiger partial charge in [-0.1, -0.05) is 30.0 Å². The smallest absolute Gasteiger partial charge is 0.262 e. The fraction of sp³-hybridized carbons (Fsp3) is 0.0769. The van der Waals surface area contributed by atoms with Gasteiger partial charge in [0.05, 0.1) is 17.8 Å². The van der Waals surface area contributed by atoms with Crippen molar-refractivity contribution in [2.45, 2.75) is 11.7 Å². The second kappa shape index (κ2) is 9.47. The molecule has 0 aliphatic heterocycles. The Balaban J connectivity index is 1.54. The van der Waals surface area contributed by atoms with Crippen molar-refractivity contribution < 1.29 is 15.0 Å². The van der Waals surface area contributed by atoms with Crippen LogP contribution in [0.15, 0.2) is 84.4 Å². The number of phenolic OH excluding ortho intramolecular Hbond substituents is 2. The molecule has 0 bridgehead atoms. The molecule has 35 heavy (non-hydrogen) atoms. The number of aromatic amines is 1. The molecule has 5 aromatic rings. The maximum atomic E-state index is 13.5. The molecule has 9 heteroatoms. The number of H-pyrrole nitrogens is 1. The van der Waals surface area contributed by atoms with Crippen LogP contribution in [0.25, 0.3) is 22.3 Å². The molecular formula is C26H21N5O3S. The highest BCUT2D eigenvalue weighted by Gasteiger charge is 2.22. The summed E-state index contributed by atoms with van der Waals surface area (Å²) in [6.07, 6.45) is 7.12. The number of pyridine rings is 1. The van der Waals surface area contributed by atoms with Gasteiger partial charge in [-0.15, -0.1) is 0 Å². The summed E-state index contributed by atoms with van der Waals surface area (Å²) >= 11 is 1.47. The Morgan fingerprint density at radius 1 is 1.06 bits per heavy atom. The second-order valence-electron chi connectivity index (χ2n) is 7.80. The third kappa shape index (κ3) is 4.53. The summed E-state index contributed by atoms with van der Waals surface area (Å²) in [5.41, 5.74) is 4.01. The first-order valence-corrected chi connectivity index (χ1v) is 12.0. The summed E-state index contributed by atoms with van der Waals surface area (Å²) in [4.78, 5) is 31.5. The number of carbonyl (C=O) groups excluding carboxylic acids is 1. The first-order valence-electron chi connectivity index (χ1n) is 10.8. The van der Waals surface area contributed by atoms with Gasteiger partial charge in [0.15, 0.2) is 5.16 Å². The number of carbonyl (C=O) groups is 1. The number of thioether (sulfide) groups is 1. The van der Waals surface area contributed by atoms with Gasteiger partial charge in [-0.05, 0) is 48.2 Å². The van der Waals surface area contributed by atoms with Gasteiger partial charge in [0.25, 0.3) is 5.91 Å². The molecule has 0 fully saturated rings. The van der Waals surface area contributed by atoms with Crippen LogP contribution in [0, 0.1) is 0 Å². The molecule has 1 amide bonds. The highest BCUT2D eigenvalue weighted by Crippen LogP contribution is 2.31. The number of rotatable bonds is 6. The second-order valence-corrected chi connectivity index (χ2v) is 8.57. The number of aromatic hydroxyl groups is 2. The molecule has 0 unspecified atom stereocenters. The molecule has 8 nitrogen and oxygen atoms in total. The standard InChI is InChI=1S/C26H21N5O3S/c1-35-26-29-23(21-10-12-28-24(21)30-26)17-4-6-18(7-5-17)31(15-16-3-2-11-27-14-16)25(34)20-9-8-19(32)13-22(20)33/h2-14,32-33H,15H2,1H3,(H,28,29,30). The van der Waals surface area contributed by atoms with E-state index in [1.54, 1.807) is 23.4 Å². The topological polar surface area (TPSA) is 115 Å². The number of anilines is 1. The zero-order chi connectivity index (χ0) is 24.4. The van der Waals surface area contributed by atoms with Crippen molar-refractivity contribution in [2.75, 3.05) is 11.2 Å². The predicted molar refractivity (Wildman–Crippen MR) is 136 cm³/mol. The average Bonchev–Trinajstić information content (AvgIpc) is 3.36. The monoisotopic (exact) mass is 483 g/mol. The van der Waals surface area contributed by atoms with Crippen molar-refractivity contribution in [1.82, 2.24) is 19.9 Å². The van der Waals surface area contributed by atoms with Crippen molar-refractivity contribution in [1.29, 1.82) is 0 Å². The van der Waals surface area contributed by atoms with Gasteiger partial charge in [-0.25, -0.2) is 9.97 Å². The van der Waals surface area contributed by atoms with Crippen LogP contribution in [0.4, 0.5) is 5.69 Å². The van der Waals surface area contributed by atoms with Crippen LogP contribution in [0.5, 0.6) is 11.5 Å². The molecule has 0 radical (unpaired) electrons. The van der Waals surface area contributed by atoms with Gasteiger partial charge in [-0.3, -0.25) is 9.78 Å². The van der Waals surface area contributed by atoms with E-state index >= 15 is 0 Å². The maximum Gasteiger partial charge on any atom is 0.262 e. The Morgan fingerprint density at radius 3 is 2.60 bits per heavy atom. The maximum absolute atomic E-state index is 13.5. The quantitative estimate of drug-likeness (QED) is 0.230. The lowest BCUT2D eigenvalue weighted by molar-refractivity contribution is 0.0982. The number of hydrogen-bond donors (Lipinski definition) is 3. The zero-order valence-corrected chi connectivity index (χ0v) is 19.5. The van der Waals surface area contributed by atoms with Crippen LogP contribution in [-0.4, -0.2) is 42.3 Å². The van der Waals surface area contributed by atoms with Crippen LogP contribution in [0.1, 0.15) is 15.9 Å². The van der Waals surface area contributed by atoms with E-state index in [4.69, 9.17) is 4.98 Å². The molecular weight excluding hydrogens is 462 g/mol. The Kier molecular flexibility index (Phi) is 6.07. The molecule has 0 saturated heterocycles. The first kappa shape index (κ1) is 22.4. The molecule has 5 rings (SSSR count). The van der Waals surface area contributed by atoms with Gasteiger partial charge < -0.3 is 20.1 Å². The highest BCUT2D eigenvalue weighted by atomic mass is 32.2. The molecule has 3 heterocycles. The Hall–Kier alpha value is -4.37. The van der Waals surface area contributed by atoms with Gasteiger partial charge in [0.2, 0.25) is 0 Å². The SMILES string of the molecule is CSc1nc(-c2ccc(N(Cc3cccnc3)C(=O)c3ccc(O)cc3O)cc2)c2cc[nH]c2n1. The van der Waals surface area contributed by atoms with Crippen LogP contribution < -0.4 is 4.90 Å². The van der Waals surface area contributed by atoms with Crippen molar-refractivity contribution in [2.24, 2.45) is 0 Å². The lowest BCUT2D eigenvalue weighted by Gasteiger charge is -2.24. The summed E-state index contributed by atoms with van der Waals surface area (Å²) in [5.74, 6) is -0.810. The minimum absolute atomic E-state index is 0.0882. The minimum Gasteiger partial charge on any atom is -0.508 e. The number of aromatic nitrogens is 4. The molecule has 0 saturated carbocycles. The van der Waals surface area contributed by atoms with Crippen molar-refractivity contribution in [3.8, 4) is 22.8 Å². The van der Waals surface area contributed by atoms with Crippen LogP contribution in [0.3, 0.4) is 0 Å². The normalized spacial score (nSPS) is 11.0. The Bertz CT molecular complexity index is 1500. The Morgan fingerprint density at radius 2 is 1.89 bits per heavy atom. The van der Waals surface area contributed by atoms with Crippen LogP contribution in [-0.2, 0) is 6.54 Å². The van der Waals surface area contributed by atoms with E-state index in [1.807, 2.05) is 48.9 Å². The average molecular weight is 484 g/mol. The van der Waals surface area contributed by atoms with Gasteiger partial charge in [-0.2, -0.15) is 0 Å². The number of fused-ring (bicyclic) bond motifs is 1. The van der Waals surface area contributed by atoms with E-state index in [1.165, 1.54) is 23.9 Å². The Labute approximate surface area is 205 Å². The largest absolute Gasteiger partial charge is 0.508 e. The van der Waals surface area contributed by atoms with Crippen molar-refractivity contribution >= 4 is 34.4 Å². The molecule has 0 aliphatic carbocycles. The number of hydrogen-bond acceptors (Lipinski definition) is 7. The molecule has 3 aromatic heterocycles. The number of benzene rings is 2. The summed E-state index contributed by atoms with van der Waals surface area (Å²) in [6.45, 7) is 0.249. The molecule has 3 N–H and O–H groups in total. The lowest BCUT2D eigenvalue weighted by atomic mass is 10.1. The van der Waals surface area contributed by atoms with E-state index in [-0.39, 0.29) is 23.6 Å². The molecule has 0 spiro atoms. The molecule has 0 aliphatic rings. The zero-order valence-electron chi connectivity index (χ0n) is 18.7. The first-order chi connectivity index (χ1) is 17.0. The van der Waals surface area contributed by atoms with Crippen LogP contribution >= 0.6 is 11.8 Å². The minimum atomic E-state index is -0.404. The summed E-state index contributed by atoms with van der Waals surface area (Å²) in [7, 11) is 0. The number of nitrogens with one attached hydrogen (secondary N) is 1. The van der Waals surface area contributed by atoms with Gasteiger partial charge in [0, 0.05) is 41.3 Å². The molecule has 174 valence electrons. The van der Waals surface area contributed by atoms with E-state index in [9.17, 15) is 15.0 Å². The fourth-order valence-electron chi connectivity index (χ4n) is 3.83. The van der Waals surface area contributed by atoms with E-state index in [0.29, 0.717) is 10.8 Å². The summed E-state index contributed by atoms with van der Waals surface area (Å²) < 4.78 is 0. The summed E-state index contributed by atoms with van der Waals surface area (Å²) in [6, 6.07) is 17.1. The number of amides is 1. The van der Waals surface area contributed by atoms with Crippen molar-refractivity contribution in [3.05, 3.63) is 90.4 Å². The van der Waals surface area contributed by atoms with Crippen LogP contribution in [0.2, 0.25) is 0 Å². The predicted octanol–water partition coefficient (Wildman–Crippen LogP) is 5.00. The third-order valence-corrected chi connectivity index (χ3v) is 6.10. The van der Waals surface area contributed by atoms with E-state index < -0.39 is 5.91 Å². The fourth-order valence-corrected chi connectivity index (χ4v) is 4.20. The highest BCUT2D eigenvalue weighted by molar-refractivity contribution is 7.98. The van der Waals surface area contributed by atoms with E-state index in [2.05, 4.69) is 15.0 Å².